The van der Waals surface area contributed by atoms with E-state index in [1.165, 1.54) is 6.07 Å². The summed E-state index contributed by atoms with van der Waals surface area (Å²) in [5.74, 6) is 0.125. The van der Waals surface area contributed by atoms with Crippen molar-refractivity contribution in [2.24, 2.45) is 0 Å². The molecule has 0 aliphatic carbocycles. The third kappa shape index (κ3) is 4.54. The average Bonchev–Trinajstić information content (AvgIpc) is 2.64. The zero-order valence-corrected chi connectivity index (χ0v) is 15.2. The number of nitrogens with one attached hydrogen (secondary N) is 1. The molecule has 6 heteroatoms. The fourth-order valence-corrected chi connectivity index (χ4v) is 2.89. The zero-order chi connectivity index (χ0) is 19.4. The smallest absolute Gasteiger partial charge is 0.336 e. The van der Waals surface area contributed by atoms with Crippen LogP contribution >= 0.6 is 0 Å². The molecule has 0 unspecified atom stereocenters. The molecule has 1 aromatic heterocycles. The molecule has 3 rings (SSSR count). The lowest BCUT2D eigenvalue weighted by Crippen LogP contribution is -2.32. The van der Waals surface area contributed by atoms with Gasteiger partial charge in [0.1, 0.15) is 11.3 Å². The summed E-state index contributed by atoms with van der Waals surface area (Å²) < 4.78 is 10.9. The number of benzene rings is 2. The van der Waals surface area contributed by atoms with E-state index in [2.05, 4.69) is 5.32 Å². The number of aryl methyl sites for hydroxylation is 2. The molecule has 0 radical (unpaired) electrons. The lowest BCUT2D eigenvalue weighted by molar-refractivity contribution is -0.123. The van der Waals surface area contributed by atoms with Gasteiger partial charge in [-0.15, -0.1) is 0 Å². The van der Waals surface area contributed by atoms with Crippen LogP contribution in [0.2, 0.25) is 0 Å². The molecule has 0 aliphatic rings. The largest absolute Gasteiger partial charge is 0.483 e. The van der Waals surface area contributed by atoms with Crippen molar-refractivity contribution in [2.75, 3.05) is 13.2 Å². The van der Waals surface area contributed by atoms with E-state index < -0.39 is 11.7 Å². The molecule has 27 heavy (non-hydrogen) atoms. The summed E-state index contributed by atoms with van der Waals surface area (Å²) in [4.78, 5) is 23.7. The van der Waals surface area contributed by atoms with Crippen LogP contribution in [0.25, 0.3) is 11.0 Å². The fraction of sp³-hybridized carbons (Fsp3) is 0.238. The Hall–Kier alpha value is -3.12. The van der Waals surface area contributed by atoms with Gasteiger partial charge in [-0.05, 0) is 42.7 Å². The van der Waals surface area contributed by atoms with Crippen LogP contribution in [0.4, 0.5) is 0 Å². The number of hydrogen-bond donors (Lipinski definition) is 2. The van der Waals surface area contributed by atoms with Crippen molar-refractivity contribution >= 4 is 16.9 Å². The van der Waals surface area contributed by atoms with E-state index in [1.54, 1.807) is 31.2 Å². The van der Waals surface area contributed by atoms with Gasteiger partial charge in [0.15, 0.2) is 6.61 Å². The summed E-state index contributed by atoms with van der Waals surface area (Å²) >= 11 is 0. The van der Waals surface area contributed by atoms with Crippen LogP contribution in [0.3, 0.4) is 0 Å². The van der Waals surface area contributed by atoms with Crippen LogP contribution < -0.4 is 15.7 Å². The number of rotatable bonds is 6. The maximum absolute atomic E-state index is 12.1. The SMILES string of the molecule is Cc1cc(OCC(=O)NC[C@@H](O)c2ccccc2)c2c(C)cc(=O)oc2c1. The van der Waals surface area contributed by atoms with Gasteiger partial charge in [0, 0.05) is 12.6 Å². The highest BCUT2D eigenvalue weighted by Gasteiger charge is 2.13. The van der Waals surface area contributed by atoms with Crippen LogP contribution in [0.1, 0.15) is 22.8 Å². The van der Waals surface area contributed by atoms with E-state index in [0.717, 1.165) is 16.7 Å². The predicted octanol–water partition coefficient (Wildman–Crippen LogP) is 2.64. The van der Waals surface area contributed by atoms with Gasteiger partial charge < -0.3 is 19.6 Å². The molecule has 6 nitrogen and oxygen atoms in total. The molecule has 3 aromatic rings. The van der Waals surface area contributed by atoms with Gasteiger partial charge in [0.2, 0.25) is 0 Å². The Morgan fingerprint density at radius 3 is 2.67 bits per heavy atom. The van der Waals surface area contributed by atoms with Crippen LogP contribution in [0, 0.1) is 13.8 Å². The van der Waals surface area contributed by atoms with Crippen molar-refractivity contribution in [1.82, 2.24) is 5.32 Å². The molecule has 1 amide bonds. The average molecular weight is 367 g/mol. The highest BCUT2D eigenvalue weighted by molar-refractivity contribution is 5.88. The summed E-state index contributed by atoms with van der Waals surface area (Å²) in [5.41, 5.74) is 2.30. The zero-order valence-electron chi connectivity index (χ0n) is 15.2. The highest BCUT2D eigenvalue weighted by Crippen LogP contribution is 2.29. The minimum Gasteiger partial charge on any atom is -0.483 e. The van der Waals surface area contributed by atoms with Crippen LogP contribution in [0.15, 0.2) is 57.7 Å². The van der Waals surface area contributed by atoms with Crippen molar-refractivity contribution in [3.63, 3.8) is 0 Å². The van der Waals surface area contributed by atoms with E-state index in [0.29, 0.717) is 16.7 Å². The summed E-state index contributed by atoms with van der Waals surface area (Å²) in [6, 6.07) is 14.0. The van der Waals surface area contributed by atoms with Gasteiger partial charge in [-0.2, -0.15) is 0 Å². The number of ether oxygens (including phenoxy) is 1. The number of amides is 1. The Kier molecular flexibility index (Phi) is 5.57. The summed E-state index contributed by atoms with van der Waals surface area (Å²) in [6.07, 6.45) is -0.786. The van der Waals surface area contributed by atoms with Crippen molar-refractivity contribution in [3.05, 3.63) is 75.6 Å². The third-order valence-electron chi connectivity index (χ3n) is 4.19. The van der Waals surface area contributed by atoms with Crippen molar-refractivity contribution in [1.29, 1.82) is 0 Å². The first-order valence-corrected chi connectivity index (χ1v) is 8.61. The van der Waals surface area contributed by atoms with E-state index in [-0.39, 0.29) is 19.1 Å². The summed E-state index contributed by atoms with van der Waals surface area (Å²) in [7, 11) is 0. The number of carbonyl (C=O) groups excluding carboxylic acids is 1. The lowest BCUT2D eigenvalue weighted by Gasteiger charge is -2.14. The van der Waals surface area contributed by atoms with Crippen LogP contribution in [-0.4, -0.2) is 24.2 Å². The Balaban J connectivity index is 1.66. The molecule has 1 atom stereocenters. The van der Waals surface area contributed by atoms with Gasteiger partial charge in [-0.3, -0.25) is 4.79 Å². The molecule has 0 fully saturated rings. The Labute approximate surface area is 156 Å². The molecular formula is C21H21NO5. The van der Waals surface area contributed by atoms with Crippen molar-refractivity contribution < 1.29 is 19.1 Å². The molecule has 2 aromatic carbocycles. The third-order valence-corrected chi connectivity index (χ3v) is 4.19. The molecular weight excluding hydrogens is 346 g/mol. The first kappa shape index (κ1) is 18.7. The first-order valence-electron chi connectivity index (χ1n) is 8.61. The Bertz CT molecular complexity index is 1010. The van der Waals surface area contributed by atoms with E-state index in [1.807, 2.05) is 25.1 Å². The van der Waals surface area contributed by atoms with Crippen LogP contribution in [-0.2, 0) is 4.79 Å². The molecule has 0 aliphatic heterocycles. The number of carbonyl (C=O) groups is 1. The fourth-order valence-electron chi connectivity index (χ4n) is 2.89. The molecule has 140 valence electrons. The quantitative estimate of drug-likeness (QED) is 0.654. The van der Waals surface area contributed by atoms with E-state index in [9.17, 15) is 14.7 Å². The second-order valence-electron chi connectivity index (χ2n) is 6.40. The Morgan fingerprint density at radius 2 is 1.93 bits per heavy atom. The van der Waals surface area contributed by atoms with Gasteiger partial charge in [-0.1, -0.05) is 30.3 Å². The molecule has 0 saturated heterocycles. The van der Waals surface area contributed by atoms with E-state index in [4.69, 9.17) is 9.15 Å². The maximum Gasteiger partial charge on any atom is 0.336 e. The Morgan fingerprint density at radius 1 is 1.19 bits per heavy atom. The molecule has 0 bridgehead atoms. The second kappa shape index (κ2) is 8.05. The van der Waals surface area contributed by atoms with Crippen molar-refractivity contribution in [2.45, 2.75) is 20.0 Å². The lowest BCUT2D eigenvalue weighted by atomic mass is 10.1. The van der Waals surface area contributed by atoms with Crippen LogP contribution in [0.5, 0.6) is 5.75 Å². The maximum atomic E-state index is 12.1. The highest BCUT2D eigenvalue weighted by atomic mass is 16.5. The number of hydrogen-bond acceptors (Lipinski definition) is 5. The number of aliphatic hydroxyl groups excluding tert-OH is 1. The molecule has 1 heterocycles. The minimum absolute atomic E-state index is 0.0919. The van der Waals surface area contributed by atoms with Gasteiger partial charge in [0.05, 0.1) is 11.5 Å². The second-order valence-corrected chi connectivity index (χ2v) is 6.40. The van der Waals surface area contributed by atoms with Gasteiger partial charge in [-0.25, -0.2) is 4.79 Å². The summed E-state index contributed by atoms with van der Waals surface area (Å²) in [6.45, 7) is 3.52. The standard InChI is InChI=1S/C21H21NO5/c1-13-8-17(21-14(2)10-20(25)27-18(21)9-13)26-12-19(24)22-11-16(23)15-6-4-3-5-7-15/h3-10,16,23H,11-12H2,1-2H3,(H,22,24)/t16-/m1/s1. The molecule has 2 N–H and O–H groups in total. The topological polar surface area (TPSA) is 88.8 Å². The monoisotopic (exact) mass is 367 g/mol. The minimum atomic E-state index is -0.786. The predicted molar refractivity (Wildman–Crippen MR) is 102 cm³/mol. The van der Waals surface area contributed by atoms with E-state index >= 15 is 0 Å². The van der Waals surface area contributed by atoms with Gasteiger partial charge in [0.25, 0.3) is 5.91 Å². The number of aliphatic hydroxyl groups is 1. The number of fused-ring (bicyclic) bond motifs is 1. The molecule has 0 saturated carbocycles. The van der Waals surface area contributed by atoms with Gasteiger partial charge >= 0.3 is 5.63 Å². The normalized spacial score (nSPS) is 12.0. The summed E-state index contributed by atoms with van der Waals surface area (Å²) in [5, 5.41) is 13.4. The molecule has 0 spiro atoms. The first-order chi connectivity index (χ1) is 12.9. The van der Waals surface area contributed by atoms with Crippen molar-refractivity contribution in [3.8, 4) is 5.75 Å².